The van der Waals surface area contributed by atoms with Crippen LogP contribution in [0.4, 0.5) is 0 Å². The number of carbonyl (C=O) groups excluding carboxylic acids is 2. The monoisotopic (exact) mass is 277 g/mol. The fraction of sp³-hybridized carbons (Fsp3) is 0.500. The first kappa shape index (κ1) is 16.2. The van der Waals surface area contributed by atoms with Gasteiger partial charge in [-0.05, 0) is 32.4 Å². The lowest BCUT2D eigenvalue weighted by atomic mass is 10.1. The molecule has 0 spiro atoms. The lowest BCUT2D eigenvalue weighted by Crippen LogP contribution is -2.36. The Kier molecular flexibility index (Phi) is 6.77. The van der Waals surface area contributed by atoms with E-state index in [1.807, 2.05) is 0 Å². The van der Waals surface area contributed by atoms with Crippen LogP contribution in [0.5, 0.6) is 5.75 Å². The van der Waals surface area contributed by atoms with Gasteiger partial charge in [0, 0.05) is 12.1 Å². The van der Waals surface area contributed by atoms with E-state index in [0.717, 1.165) is 19.3 Å². The van der Waals surface area contributed by atoms with Gasteiger partial charge in [0.05, 0.1) is 0 Å². The van der Waals surface area contributed by atoms with Crippen molar-refractivity contribution in [1.29, 1.82) is 0 Å². The molecule has 1 N–H and O–H groups in total. The molecular formula is C16H23NO3. The smallest absolute Gasteiger partial charge is 0.260 e. The molecule has 20 heavy (non-hydrogen) atoms. The van der Waals surface area contributed by atoms with E-state index >= 15 is 0 Å². The number of carbonyl (C=O) groups is 2. The summed E-state index contributed by atoms with van der Waals surface area (Å²) in [6.07, 6.45) is 2.64. The molecule has 0 fully saturated rings. The Morgan fingerprint density at radius 3 is 2.70 bits per heavy atom. The van der Waals surface area contributed by atoms with Gasteiger partial charge in [0.2, 0.25) is 0 Å². The van der Waals surface area contributed by atoms with Crippen LogP contribution in [0.2, 0.25) is 0 Å². The zero-order valence-corrected chi connectivity index (χ0v) is 12.4. The van der Waals surface area contributed by atoms with Crippen molar-refractivity contribution >= 4 is 11.7 Å². The minimum absolute atomic E-state index is 0.0212. The van der Waals surface area contributed by atoms with Gasteiger partial charge in [-0.3, -0.25) is 9.59 Å². The fourth-order valence-electron chi connectivity index (χ4n) is 1.78. The first-order chi connectivity index (χ1) is 9.54. The van der Waals surface area contributed by atoms with Gasteiger partial charge in [0.25, 0.3) is 5.91 Å². The van der Waals surface area contributed by atoms with Crippen molar-refractivity contribution in [3.8, 4) is 5.75 Å². The molecule has 0 bridgehead atoms. The van der Waals surface area contributed by atoms with Crippen molar-refractivity contribution in [1.82, 2.24) is 5.32 Å². The van der Waals surface area contributed by atoms with E-state index in [2.05, 4.69) is 12.2 Å². The highest BCUT2D eigenvalue weighted by atomic mass is 16.5. The highest BCUT2D eigenvalue weighted by Gasteiger charge is 2.14. The summed E-state index contributed by atoms with van der Waals surface area (Å²) < 4.78 is 5.56. The molecule has 0 heterocycles. The summed E-state index contributed by atoms with van der Waals surface area (Å²) >= 11 is 0. The fourth-order valence-corrected chi connectivity index (χ4v) is 1.78. The van der Waals surface area contributed by atoms with Crippen LogP contribution in [-0.4, -0.2) is 24.3 Å². The van der Waals surface area contributed by atoms with Crippen LogP contribution in [0.25, 0.3) is 0 Å². The lowest BCUT2D eigenvalue weighted by Gasteiger charge is -2.15. The number of hydrogen-bond acceptors (Lipinski definition) is 3. The molecule has 4 heteroatoms. The first-order valence-corrected chi connectivity index (χ1v) is 7.10. The first-order valence-electron chi connectivity index (χ1n) is 7.10. The molecule has 0 aliphatic carbocycles. The van der Waals surface area contributed by atoms with Crippen molar-refractivity contribution in [3.05, 3.63) is 29.8 Å². The van der Waals surface area contributed by atoms with Crippen molar-refractivity contribution in [2.45, 2.75) is 46.1 Å². The Labute approximate surface area is 120 Å². The molecule has 0 radical (unpaired) electrons. The molecule has 0 aliphatic heterocycles. The number of nitrogens with one attached hydrogen (secondary N) is 1. The number of ketones is 1. The molecule has 0 aliphatic rings. The summed E-state index contributed by atoms with van der Waals surface area (Å²) in [4.78, 5) is 23.1. The summed E-state index contributed by atoms with van der Waals surface area (Å²) in [5.41, 5.74) is 0.582. The van der Waals surface area contributed by atoms with E-state index in [-0.39, 0.29) is 11.7 Å². The van der Waals surface area contributed by atoms with E-state index in [1.165, 1.54) is 6.92 Å². The average Bonchev–Trinajstić information content (AvgIpc) is 2.43. The molecule has 1 unspecified atom stereocenters. The molecule has 1 aromatic carbocycles. The number of rotatable bonds is 8. The third-order valence-electron chi connectivity index (χ3n) is 3.00. The Morgan fingerprint density at radius 2 is 2.05 bits per heavy atom. The zero-order chi connectivity index (χ0) is 15.0. The number of ether oxygens (including phenoxy) is 1. The molecule has 4 nitrogen and oxygen atoms in total. The SMILES string of the molecule is CCCCCNC(=O)C(C)Oc1cccc(C(C)=O)c1. The molecule has 110 valence electrons. The maximum Gasteiger partial charge on any atom is 0.260 e. The highest BCUT2D eigenvalue weighted by Crippen LogP contribution is 2.15. The van der Waals surface area contributed by atoms with E-state index in [9.17, 15) is 9.59 Å². The predicted octanol–water partition coefficient (Wildman–Crippen LogP) is 2.96. The van der Waals surface area contributed by atoms with Crippen LogP contribution < -0.4 is 10.1 Å². The van der Waals surface area contributed by atoms with E-state index < -0.39 is 6.10 Å². The third-order valence-corrected chi connectivity index (χ3v) is 3.00. The molecule has 1 rings (SSSR count). The second-order valence-electron chi connectivity index (χ2n) is 4.84. The van der Waals surface area contributed by atoms with Crippen LogP contribution in [0.3, 0.4) is 0 Å². The van der Waals surface area contributed by atoms with Crippen molar-refractivity contribution in [3.63, 3.8) is 0 Å². The Bertz CT molecular complexity index is 457. The number of benzene rings is 1. The van der Waals surface area contributed by atoms with Crippen molar-refractivity contribution in [2.75, 3.05) is 6.54 Å². The number of amides is 1. The van der Waals surface area contributed by atoms with Crippen LogP contribution in [0, 0.1) is 0 Å². The standard InChI is InChI=1S/C16H23NO3/c1-4-5-6-10-17-16(19)13(3)20-15-9-7-8-14(11-15)12(2)18/h7-9,11,13H,4-6,10H2,1-3H3,(H,17,19). The zero-order valence-electron chi connectivity index (χ0n) is 12.4. The lowest BCUT2D eigenvalue weighted by molar-refractivity contribution is -0.127. The number of Topliss-reactive ketones (excluding diaryl/α,β-unsaturated/α-hetero) is 1. The van der Waals surface area contributed by atoms with Crippen LogP contribution in [0.15, 0.2) is 24.3 Å². The summed E-state index contributed by atoms with van der Waals surface area (Å²) in [6, 6.07) is 6.87. The third kappa shape index (κ3) is 5.43. The Hall–Kier alpha value is -1.84. The van der Waals surface area contributed by atoms with Gasteiger partial charge in [-0.25, -0.2) is 0 Å². The second-order valence-corrected chi connectivity index (χ2v) is 4.84. The Balaban J connectivity index is 2.48. The van der Waals surface area contributed by atoms with E-state index in [4.69, 9.17) is 4.74 Å². The maximum atomic E-state index is 11.8. The molecule has 0 saturated carbocycles. The van der Waals surface area contributed by atoms with E-state index in [0.29, 0.717) is 17.9 Å². The minimum Gasteiger partial charge on any atom is -0.481 e. The van der Waals surface area contributed by atoms with Gasteiger partial charge in [-0.15, -0.1) is 0 Å². The normalized spacial score (nSPS) is 11.8. The largest absolute Gasteiger partial charge is 0.481 e. The van der Waals surface area contributed by atoms with Crippen LogP contribution >= 0.6 is 0 Å². The van der Waals surface area contributed by atoms with Crippen LogP contribution in [0.1, 0.15) is 50.4 Å². The van der Waals surface area contributed by atoms with Crippen molar-refractivity contribution < 1.29 is 14.3 Å². The predicted molar refractivity (Wildman–Crippen MR) is 79.1 cm³/mol. The minimum atomic E-state index is -0.571. The highest BCUT2D eigenvalue weighted by molar-refractivity contribution is 5.94. The number of unbranched alkanes of at least 4 members (excludes halogenated alkanes) is 2. The van der Waals surface area contributed by atoms with Gasteiger partial charge in [0.1, 0.15) is 5.75 Å². The molecule has 1 aromatic rings. The van der Waals surface area contributed by atoms with Gasteiger partial charge in [-0.1, -0.05) is 31.9 Å². The maximum absolute atomic E-state index is 11.8. The summed E-state index contributed by atoms with van der Waals surface area (Å²) in [5, 5.41) is 2.84. The van der Waals surface area contributed by atoms with Gasteiger partial charge in [-0.2, -0.15) is 0 Å². The van der Waals surface area contributed by atoms with Gasteiger partial charge < -0.3 is 10.1 Å². The van der Waals surface area contributed by atoms with Gasteiger partial charge >= 0.3 is 0 Å². The molecular weight excluding hydrogens is 254 g/mol. The molecule has 0 aromatic heterocycles. The molecule has 1 atom stereocenters. The summed E-state index contributed by atoms with van der Waals surface area (Å²) in [5.74, 6) is 0.385. The van der Waals surface area contributed by atoms with Crippen LogP contribution in [-0.2, 0) is 4.79 Å². The Morgan fingerprint density at radius 1 is 1.30 bits per heavy atom. The second kappa shape index (κ2) is 8.35. The number of hydrogen-bond donors (Lipinski definition) is 1. The quantitative estimate of drug-likeness (QED) is 0.587. The topological polar surface area (TPSA) is 55.4 Å². The average molecular weight is 277 g/mol. The van der Waals surface area contributed by atoms with Crippen molar-refractivity contribution in [2.24, 2.45) is 0 Å². The summed E-state index contributed by atoms with van der Waals surface area (Å²) in [6.45, 7) is 6.00. The van der Waals surface area contributed by atoms with E-state index in [1.54, 1.807) is 31.2 Å². The molecule has 0 saturated heterocycles. The molecule has 1 amide bonds. The summed E-state index contributed by atoms with van der Waals surface area (Å²) in [7, 11) is 0. The van der Waals surface area contributed by atoms with Gasteiger partial charge in [0.15, 0.2) is 11.9 Å².